The Morgan fingerprint density at radius 1 is 0.923 bits per heavy atom. The zero-order valence-corrected chi connectivity index (χ0v) is 14.0. The fourth-order valence-electron chi connectivity index (χ4n) is 4.39. The SMILES string of the molecule is N#Cc1cccc(N[N+]23C(=O)C(c4ccccc42)C3c2ccccc2)c1. The lowest BCUT2D eigenvalue weighted by Crippen LogP contribution is -2.68. The molecule has 4 nitrogen and oxygen atoms in total. The van der Waals surface area contributed by atoms with Crippen LogP contribution in [-0.2, 0) is 4.79 Å². The van der Waals surface area contributed by atoms with Crippen LogP contribution in [0.15, 0.2) is 78.9 Å². The molecule has 3 aromatic carbocycles. The maximum absolute atomic E-state index is 13.2. The molecular formula is C22H16N3O+. The lowest BCUT2D eigenvalue weighted by molar-refractivity contribution is -0.143. The van der Waals surface area contributed by atoms with Gasteiger partial charge in [-0.2, -0.15) is 5.26 Å². The Morgan fingerprint density at radius 2 is 1.69 bits per heavy atom. The molecule has 124 valence electrons. The molecule has 0 radical (unpaired) electrons. The Labute approximate surface area is 151 Å². The largest absolute Gasteiger partial charge is 0.357 e. The number of fused-ring (bicyclic) bond motifs is 5. The van der Waals surface area contributed by atoms with Gasteiger partial charge in [0.2, 0.25) is 0 Å². The average Bonchev–Trinajstić information content (AvgIpc) is 3.13. The molecule has 2 aliphatic rings. The smallest absolute Gasteiger partial charge is 0.227 e. The highest BCUT2D eigenvalue weighted by Gasteiger charge is 2.74. The quantitative estimate of drug-likeness (QED) is 0.573. The van der Waals surface area contributed by atoms with Crippen molar-refractivity contribution in [2.24, 2.45) is 0 Å². The summed E-state index contributed by atoms with van der Waals surface area (Å²) in [6.07, 6.45) is 0. The van der Waals surface area contributed by atoms with Crippen molar-refractivity contribution in [3.63, 3.8) is 0 Å². The summed E-state index contributed by atoms with van der Waals surface area (Å²) in [4.78, 5) is 13.2. The van der Waals surface area contributed by atoms with Crippen LogP contribution in [0.3, 0.4) is 0 Å². The van der Waals surface area contributed by atoms with E-state index in [1.165, 1.54) is 0 Å². The third-order valence-corrected chi connectivity index (χ3v) is 5.44. The Morgan fingerprint density at radius 3 is 2.50 bits per heavy atom. The number of anilines is 1. The maximum Gasteiger partial charge on any atom is 0.357 e. The lowest BCUT2D eigenvalue weighted by atomic mass is 9.83. The predicted molar refractivity (Wildman–Crippen MR) is 99.9 cm³/mol. The molecule has 2 bridgehead atoms. The van der Waals surface area contributed by atoms with E-state index in [1.54, 1.807) is 12.1 Å². The summed E-state index contributed by atoms with van der Waals surface area (Å²) in [5, 5.41) is 9.19. The fraction of sp³-hybridized carbons (Fsp3) is 0.0909. The molecule has 4 heteroatoms. The number of amides is 1. The fourth-order valence-corrected chi connectivity index (χ4v) is 4.39. The monoisotopic (exact) mass is 338 g/mol. The van der Waals surface area contributed by atoms with Crippen LogP contribution in [0.4, 0.5) is 11.4 Å². The summed E-state index contributed by atoms with van der Waals surface area (Å²) >= 11 is 0. The lowest BCUT2D eigenvalue weighted by Gasteiger charge is -2.45. The van der Waals surface area contributed by atoms with Crippen LogP contribution < -0.4 is 10.0 Å². The molecule has 0 aromatic heterocycles. The van der Waals surface area contributed by atoms with E-state index in [0.717, 1.165) is 22.5 Å². The van der Waals surface area contributed by atoms with Gasteiger partial charge in [0, 0.05) is 17.2 Å². The highest BCUT2D eigenvalue weighted by molar-refractivity contribution is 6.09. The van der Waals surface area contributed by atoms with Crippen molar-refractivity contribution in [1.29, 1.82) is 5.26 Å². The number of quaternary nitrogens is 1. The number of hydrogen-bond donors (Lipinski definition) is 1. The summed E-state index contributed by atoms with van der Waals surface area (Å²) in [7, 11) is 0. The summed E-state index contributed by atoms with van der Waals surface area (Å²) in [6.45, 7) is 0. The van der Waals surface area contributed by atoms with Gasteiger partial charge in [0.1, 0.15) is 0 Å². The summed E-state index contributed by atoms with van der Waals surface area (Å²) < 4.78 is 0.0831. The number of nitriles is 1. The summed E-state index contributed by atoms with van der Waals surface area (Å²) in [6, 6.07) is 27.7. The molecule has 1 fully saturated rings. The second kappa shape index (κ2) is 5.29. The van der Waals surface area contributed by atoms with Gasteiger partial charge in [-0.05, 0) is 18.2 Å². The Bertz CT molecular complexity index is 1070. The highest BCUT2D eigenvalue weighted by Crippen LogP contribution is 2.63. The number of rotatable bonds is 3. The predicted octanol–water partition coefficient (Wildman–Crippen LogP) is 4.27. The number of carbonyl (C=O) groups is 1. The molecule has 26 heavy (non-hydrogen) atoms. The van der Waals surface area contributed by atoms with Gasteiger partial charge in [0.05, 0.1) is 17.3 Å². The van der Waals surface area contributed by atoms with Crippen LogP contribution in [0.1, 0.15) is 28.7 Å². The van der Waals surface area contributed by atoms with E-state index < -0.39 is 0 Å². The van der Waals surface area contributed by atoms with Gasteiger partial charge in [-0.15, -0.1) is 4.59 Å². The molecule has 3 atom stereocenters. The van der Waals surface area contributed by atoms with E-state index in [-0.39, 0.29) is 22.5 Å². The second-order valence-corrected chi connectivity index (χ2v) is 6.76. The first-order valence-electron chi connectivity index (χ1n) is 8.62. The van der Waals surface area contributed by atoms with Crippen LogP contribution >= 0.6 is 0 Å². The van der Waals surface area contributed by atoms with Crippen molar-refractivity contribution in [2.45, 2.75) is 12.0 Å². The van der Waals surface area contributed by atoms with Crippen molar-refractivity contribution >= 4 is 17.3 Å². The Hall–Kier alpha value is -3.42. The van der Waals surface area contributed by atoms with E-state index in [9.17, 15) is 10.1 Å². The van der Waals surface area contributed by atoms with Crippen LogP contribution in [-0.4, -0.2) is 5.91 Å². The van der Waals surface area contributed by atoms with Gasteiger partial charge in [-0.25, -0.2) is 10.2 Å². The van der Waals surface area contributed by atoms with E-state index in [2.05, 4.69) is 23.6 Å². The molecule has 0 spiro atoms. The first-order valence-corrected chi connectivity index (χ1v) is 8.62. The van der Waals surface area contributed by atoms with Gasteiger partial charge in [0.25, 0.3) is 0 Å². The topological polar surface area (TPSA) is 52.9 Å². The third-order valence-electron chi connectivity index (χ3n) is 5.44. The van der Waals surface area contributed by atoms with Gasteiger partial charge in [-0.1, -0.05) is 54.6 Å². The van der Waals surface area contributed by atoms with Crippen molar-refractivity contribution in [3.05, 3.63) is 95.6 Å². The Balaban J connectivity index is 1.67. The molecule has 1 saturated heterocycles. The standard InChI is InChI=1S/C22H16N3O/c23-14-15-7-6-10-17(13-15)24-25-19-12-5-4-11-18(19)20(22(25)26)21(25)16-8-2-1-3-9-16/h1-13,20-21,24H/q+1. The van der Waals surface area contributed by atoms with Crippen LogP contribution in [0.2, 0.25) is 0 Å². The highest BCUT2D eigenvalue weighted by atomic mass is 16.2. The molecule has 2 aliphatic heterocycles. The summed E-state index contributed by atoms with van der Waals surface area (Å²) in [5.74, 6) is 0.0302. The maximum atomic E-state index is 13.2. The molecule has 0 saturated carbocycles. The van der Waals surface area contributed by atoms with Crippen molar-refractivity contribution in [3.8, 4) is 6.07 Å². The van der Waals surface area contributed by atoms with Crippen molar-refractivity contribution in [1.82, 2.24) is 4.59 Å². The molecule has 1 N–H and O–H groups in total. The van der Waals surface area contributed by atoms with Gasteiger partial charge in [0.15, 0.2) is 17.6 Å². The van der Waals surface area contributed by atoms with Gasteiger partial charge in [-0.3, -0.25) is 0 Å². The van der Waals surface area contributed by atoms with Gasteiger partial charge >= 0.3 is 5.91 Å². The number of nitrogens with zero attached hydrogens (tertiary/aromatic N) is 2. The van der Waals surface area contributed by atoms with E-state index in [4.69, 9.17) is 0 Å². The zero-order valence-electron chi connectivity index (χ0n) is 14.0. The molecule has 2 heterocycles. The normalized spacial score (nSPS) is 25.1. The average molecular weight is 338 g/mol. The van der Waals surface area contributed by atoms with E-state index in [1.807, 2.05) is 54.6 Å². The number of para-hydroxylation sites is 1. The molecule has 3 unspecified atom stereocenters. The van der Waals surface area contributed by atoms with Crippen LogP contribution in [0.5, 0.6) is 0 Å². The second-order valence-electron chi connectivity index (χ2n) is 6.76. The number of β-lactam (4-membered cyclic amide) rings is 1. The van der Waals surface area contributed by atoms with Crippen molar-refractivity contribution < 1.29 is 4.79 Å². The van der Waals surface area contributed by atoms with E-state index >= 15 is 0 Å². The number of hydrogen-bond acceptors (Lipinski definition) is 3. The minimum atomic E-state index is -0.125. The first-order chi connectivity index (χ1) is 12.8. The van der Waals surface area contributed by atoms with Crippen LogP contribution in [0.25, 0.3) is 0 Å². The molecule has 5 rings (SSSR count). The minimum Gasteiger partial charge on any atom is -0.227 e. The van der Waals surface area contributed by atoms with Crippen LogP contribution in [0, 0.1) is 11.3 Å². The molecule has 0 aliphatic carbocycles. The minimum absolute atomic E-state index is 0.00634. The van der Waals surface area contributed by atoms with E-state index in [0.29, 0.717) is 5.56 Å². The number of carbonyl (C=O) groups excluding carboxylic acids is 1. The molecule has 3 aromatic rings. The number of benzene rings is 3. The zero-order chi connectivity index (χ0) is 17.7. The summed E-state index contributed by atoms with van der Waals surface area (Å²) in [5.41, 5.74) is 8.02. The molecular weight excluding hydrogens is 322 g/mol. The molecule has 1 amide bonds. The Kier molecular flexibility index (Phi) is 3.03. The van der Waals surface area contributed by atoms with Crippen molar-refractivity contribution in [2.75, 3.05) is 5.43 Å². The number of nitrogens with one attached hydrogen (secondary N) is 1. The third kappa shape index (κ3) is 1.78. The first kappa shape index (κ1) is 14.9. The van der Waals surface area contributed by atoms with Gasteiger partial charge < -0.3 is 0 Å².